The Morgan fingerprint density at radius 1 is 1.23 bits per heavy atom. The first kappa shape index (κ1) is 17.3. The number of phenols is 1. The highest BCUT2D eigenvalue weighted by Gasteiger charge is 2.24. The van der Waals surface area contributed by atoms with E-state index < -0.39 is 0 Å². The third kappa shape index (κ3) is 3.07. The van der Waals surface area contributed by atoms with Gasteiger partial charge in [0.2, 0.25) is 0 Å². The fourth-order valence-corrected chi connectivity index (χ4v) is 3.79. The number of benzene rings is 1. The number of halogens is 2. The number of nitrogens with one attached hydrogen (secondary N) is 1. The number of phenolic OH excluding ortho intramolecular Hbond substituents is 1. The quantitative estimate of drug-likeness (QED) is 0.658. The predicted octanol–water partition coefficient (Wildman–Crippen LogP) is 4.20. The summed E-state index contributed by atoms with van der Waals surface area (Å²) in [6.07, 6.45) is 5.23. The molecule has 1 aromatic carbocycles. The molecule has 0 saturated carbocycles. The van der Waals surface area contributed by atoms with Crippen LogP contribution in [-0.2, 0) is 0 Å². The number of nitrogens with zero attached hydrogens (tertiary/aromatic N) is 2. The number of rotatable bonds is 3. The van der Waals surface area contributed by atoms with Crippen LogP contribution in [0.4, 0.5) is 0 Å². The molecule has 0 spiro atoms. The first-order valence-electron chi connectivity index (χ1n) is 8.45. The van der Waals surface area contributed by atoms with Crippen LogP contribution in [0, 0.1) is 5.92 Å². The Morgan fingerprint density at radius 3 is 2.77 bits per heavy atom. The maximum Gasteiger partial charge on any atom is 0.185 e. The lowest BCUT2D eigenvalue weighted by Gasteiger charge is -2.20. The number of Topliss-reactive ketones (excluding diaryl/α,β-unsaturated/α-hetero) is 1. The third-order valence-electron chi connectivity index (χ3n) is 4.78. The summed E-state index contributed by atoms with van der Waals surface area (Å²) >= 11 is 12.3. The molecule has 2 aromatic heterocycles. The van der Waals surface area contributed by atoms with Gasteiger partial charge >= 0.3 is 0 Å². The monoisotopic (exact) mass is 389 g/mol. The summed E-state index contributed by atoms with van der Waals surface area (Å²) in [5.41, 5.74) is 2.23. The molecule has 3 heterocycles. The van der Waals surface area contributed by atoms with Crippen LogP contribution < -0.4 is 5.32 Å². The topological polar surface area (TPSA) is 66.6 Å². The van der Waals surface area contributed by atoms with E-state index in [2.05, 4.69) is 10.3 Å². The van der Waals surface area contributed by atoms with Gasteiger partial charge < -0.3 is 14.8 Å². The highest BCUT2D eigenvalue weighted by Crippen LogP contribution is 2.40. The molecule has 26 heavy (non-hydrogen) atoms. The van der Waals surface area contributed by atoms with Crippen molar-refractivity contribution in [2.45, 2.75) is 12.8 Å². The number of imidazole rings is 1. The minimum Gasteiger partial charge on any atom is -0.507 e. The van der Waals surface area contributed by atoms with Crippen molar-refractivity contribution in [3.05, 3.63) is 52.4 Å². The van der Waals surface area contributed by atoms with E-state index in [-0.39, 0.29) is 22.5 Å². The predicted molar refractivity (Wildman–Crippen MR) is 102 cm³/mol. The van der Waals surface area contributed by atoms with Gasteiger partial charge in [-0.05, 0) is 55.8 Å². The second-order valence-electron chi connectivity index (χ2n) is 6.45. The molecule has 0 atom stereocenters. The van der Waals surface area contributed by atoms with Gasteiger partial charge in [0.05, 0.1) is 10.0 Å². The zero-order valence-electron chi connectivity index (χ0n) is 13.9. The van der Waals surface area contributed by atoms with E-state index in [4.69, 9.17) is 23.2 Å². The van der Waals surface area contributed by atoms with Crippen molar-refractivity contribution in [2.75, 3.05) is 13.1 Å². The number of piperidine rings is 1. The van der Waals surface area contributed by atoms with Gasteiger partial charge in [0.1, 0.15) is 17.1 Å². The van der Waals surface area contributed by atoms with Gasteiger partial charge in [-0.25, -0.2) is 4.98 Å². The van der Waals surface area contributed by atoms with Crippen molar-refractivity contribution < 1.29 is 9.90 Å². The molecule has 3 aromatic rings. The molecule has 0 radical (unpaired) electrons. The van der Waals surface area contributed by atoms with Crippen LogP contribution >= 0.6 is 23.2 Å². The van der Waals surface area contributed by atoms with Crippen molar-refractivity contribution in [1.29, 1.82) is 0 Å². The molecular formula is C19H17Cl2N3O2. The smallest absolute Gasteiger partial charge is 0.185 e. The minimum absolute atomic E-state index is 0.0204. The summed E-state index contributed by atoms with van der Waals surface area (Å²) < 4.78 is 1.80. The fourth-order valence-electron chi connectivity index (χ4n) is 3.36. The lowest BCUT2D eigenvalue weighted by atomic mass is 9.92. The number of fused-ring (bicyclic) bond motifs is 1. The Labute approximate surface area is 160 Å². The molecule has 0 amide bonds. The van der Waals surface area contributed by atoms with Crippen molar-refractivity contribution in [1.82, 2.24) is 14.7 Å². The molecule has 4 rings (SSSR count). The van der Waals surface area contributed by atoms with E-state index in [0.29, 0.717) is 27.5 Å². The molecule has 1 aliphatic heterocycles. The summed E-state index contributed by atoms with van der Waals surface area (Å²) in [5, 5.41) is 14.1. The zero-order chi connectivity index (χ0) is 18.3. The Balaban J connectivity index is 1.73. The van der Waals surface area contributed by atoms with Gasteiger partial charge in [0, 0.05) is 23.9 Å². The summed E-state index contributed by atoms with van der Waals surface area (Å²) in [6, 6.07) is 6.65. The van der Waals surface area contributed by atoms with E-state index >= 15 is 0 Å². The molecule has 1 saturated heterocycles. The number of hydrogen-bond donors (Lipinski definition) is 2. The molecule has 5 nitrogen and oxygen atoms in total. The van der Waals surface area contributed by atoms with E-state index in [9.17, 15) is 9.90 Å². The van der Waals surface area contributed by atoms with Crippen LogP contribution in [0.3, 0.4) is 0 Å². The Kier molecular flexibility index (Phi) is 4.61. The van der Waals surface area contributed by atoms with Crippen LogP contribution in [0.15, 0.2) is 36.7 Å². The minimum atomic E-state index is 0.0204. The maximum atomic E-state index is 12.7. The van der Waals surface area contributed by atoms with Gasteiger partial charge in [-0.15, -0.1) is 0 Å². The maximum absolute atomic E-state index is 12.7. The average molecular weight is 390 g/mol. The Bertz CT molecular complexity index is 994. The van der Waals surface area contributed by atoms with Gasteiger partial charge in [-0.2, -0.15) is 0 Å². The van der Waals surface area contributed by atoms with Crippen LogP contribution in [0.25, 0.3) is 16.8 Å². The molecule has 1 fully saturated rings. The fraction of sp³-hybridized carbons (Fsp3) is 0.263. The molecular weight excluding hydrogens is 373 g/mol. The molecule has 0 bridgehead atoms. The third-order valence-corrected chi connectivity index (χ3v) is 5.59. The van der Waals surface area contributed by atoms with Crippen molar-refractivity contribution in [3.8, 4) is 16.9 Å². The SMILES string of the molecule is O=C(c1cn2ccc(-c3c(O)ccc(Cl)c3Cl)cc2n1)C1CCNCC1. The lowest BCUT2D eigenvalue weighted by Crippen LogP contribution is -2.32. The summed E-state index contributed by atoms with van der Waals surface area (Å²) in [5.74, 6) is 0.147. The summed E-state index contributed by atoms with van der Waals surface area (Å²) in [6.45, 7) is 1.72. The molecule has 2 N–H and O–H groups in total. The van der Waals surface area contributed by atoms with E-state index in [1.54, 1.807) is 28.9 Å². The number of aromatic hydroxyl groups is 1. The van der Waals surface area contributed by atoms with Crippen LogP contribution in [-0.4, -0.2) is 33.4 Å². The highest BCUT2D eigenvalue weighted by molar-refractivity contribution is 6.44. The summed E-state index contributed by atoms with van der Waals surface area (Å²) in [4.78, 5) is 17.2. The molecule has 0 unspecified atom stereocenters. The largest absolute Gasteiger partial charge is 0.507 e. The van der Waals surface area contributed by atoms with Gasteiger partial charge in [-0.1, -0.05) is 23.2 Å². The second-order valence-corrected chi connectivity index (χ2v) is 7.24. The normalized spacial score (nSPS) is 15.5. The average Bonchev–Trinajstić information content (AvgIpc) is 3.08. The van der Waals surface area contributed by atoms with Gasteiger partial charge in [-0.3, -0.25) is 4.79 Å². The second kappa shape index (κ2) is 6.91. The number of carbonyl (C=O) groups excluding carboxylic acids is 1. The van der Waals surface area contributed by atoms with Crippen molar-refractivity contribution in [2.24, 2.45) is 5.92 Å². The number of hydrogen-bond acceptors (Lipinski definition) is 4. The standard InChI is InChI=1S/C19H17Cl2N3O2/c20-13-1-2-15(25)17(18(13)21)12-5-8-24-10-14(23-16(24)9-12)19(26)11-3-6-22-7-4-11/h1-2,5,8-11,22,25H,3-4,6-7H2. The van der Waals surface area contributed by atoms with E-state index in [0.717, 1.165) is 25.9 Å². The highest BCUT2D eigenvalue weighted by atomic mass is 35.5. The lowest BCUT2D eigenvalue weighted by molar-refractivity contribution is 0.0890. The zero-order valence-corrected chi connectivity index (χ0v) is 15.4. The van der Waals surface area contributed by atoms with Crippen LogP contribution in [0.5, 0.6) is 5.75 Å². The molecule has 134 valence electrons. The van der Waals surface area contributed by atoms with Crippen molar-refractivity contribution >= 4 is 34.6 Å². The Morgan fingerprint density at radius 2 is 2.00 bits per heavy atom. The van der Waals surface area contributed by atoms with Crippen LogP contribution in [0.1, 0.15) is 23.3 Å². The molecule has 7 heteroatoms. The number of pyridine rings is 1. The van der Waals surface area contributed by atoms with Gasteiger partial charge in [0.25, 0.3) is 0 Å². The molecule has 0 aliphatic carbocycles. The van der Waals surface area contributed by atoms with E-state index in [1.165, 1.54) is 6.07 Å². The van der Waals surface area contributed by atoms with Crippen molar-refractivity contribution in [3.63, 3.8) is 0 Å². The summed E-state index contributed by atoms with van der Waals surface area (Å²) in [7, 11) is 0. The van der Waals surface area contributed by atoms with E-state index in [1.807, 2.05) is 6.07 Å². The first-order valence-corrected chi connectivity index (χ1v) is 9.21. The number of carbonyl (C=O) groups is 1. The first-order chi connectivity index (χ1) is 12.5. The Hall–Kier alpha value is -2.08. The van der Waals surface area contributed by atoms with Crippen LogP contribution in [0.2, 0.25) is 10.0 Å². The number of aromatic nitrogens is 2. The number of ketones is 1. The molecule has 1 aliphatic rings. The van der Waals surface area contributed by atoms with Gasteiger partial charge in [0.15, 0.2) is 5.78 Å².